The van der Waals surface area contributed by atoms with Gasteiger partial charge in [0.05, 0.1) is 42.0 Å². The van der Waals surface area contributed by atoms with Crippen molar-refractivity contribution in [1.29, 1.82) is 0 Å². The maximum absolute atomic E-state index is 14.0. The average Bonchev–Trinajstić information content (AvgIpc) is 4.01. The number of hydrogen-bond donors (Lipinski definition) is 3. The van der Waals surface area contributed by atoms with E-state index in [0.717, 1.165) is 94.3 Å². The third-order valence-electron chi connectivity index (χ3n) is 12.9. The van der Waals surface area contributed by atoms with Gasteiger partial charge < -0.3 is 29.2 Å². The van der Waals surface area contributed by atoms with Crippen LogP contribution in [0.4, 0.5) is 17.1 Å². The maximum Gasteiger partial charge on any atom is 0.297 e. The summed E-state index contributed by atoms with van der Waals surface area (Å²) in [6, 6.07) is 22.8. The molecule has 1 amide bonds. The highest BCUT2D eigenvalue weighted by molar-refractivity contribution is 7.90. The van der Waals surface area contributed by atoms with Gasteiger partial charge in [0.2, 0.25) is 0 Å². The number of H-pyrrole nitrogens is 1. The van der Waals surface area contributed by atoms with Crippen molar-refractivity contribution in [3.63, 3.8) is 0 Å². The van der Waals surface area contributed by atoms with Crippen LogP contribution >= 0.6 is 11.6 Å². The third kappa shape index (κ3) is 10.4. The number of aromatic amines is 1. The molecule has 16 heteroatoms. The minimum atomic E-state index is -2.11. The van der Waals surface area contributed by atoms with Crippen LogP contribution in [0.15, 0.2) is 95.7 Å². The highest BCUT2D eigenvalue weighted by Gasteiger charge is 2.37. The number of hydrogen-bond acceptors (Lipinski definition) is 11. The standard InChI is InChI=1S/C48H55ClN8O6S/c1-48(2)16-14-34(42(27-48)32-4-6-35(49)7-5-32)29-54-20-22-55(23-21-54)37-10-12-41(45(25-37)63-39-24-33-15-18-51-46(33)52-28-39)47(58)53-64(61)40-11-13-43(44(26-40)57(59)60)50-17-3-19-56(36-8-9-36)38-30-62-31-38/h4-7,10-13,15,18,24-26,28,36,38,50H,3,8-9,14,16-17,19-23,27,29-31H2,1-2H3,(H,51,52)(H,53,58). The van der Waals surface area contributed by atoms with Crippen molar-refractivity contribution in [1.82, 2.24) is 24.5 Å². The molecule has 4 aliphatic rings. The number of halogens is 1. The van der Waals surface area contributed by atoms with Crippen molar-refractivity contribution in [3.05, 3.63) is 117 Å². The van der Waals surface area contributed by atoms with E-state index in [2.05, 4.69) is 60.7 Å². The van der Waals surface area contributed by atoms with Gasteiger partial charge in [-0.05, 0) is 104 Å². The lowest BCUT2D eigenvalue weighted by atomic mass is 9.72. The second-order valence-corrected chi connectivity index (χ2v) is 19.8. The topological polar surface area (TPSA) is 164 Å². The summed E-state index contributed by atoms with van der Waals surface area (Å²) in [7, 11) is 0. The monoisotopic (exact) mass is 906 g/mol. The molecule has 2 aromatic heterocycles. The van der Waals surface area contributed by atoms with E-state index in [1.54, 1.807) is 24.5 Å². The van der Waals surface area contributed by atoms with E-state index in [1.165, 1.54) is 41.7 Å². The molecule has 2 aliphatic heterocycles. The molecule has 64 heavy (non-hydrogen) atoms. The lowest BCUT2D eigenvalue weighted by Gasteiger charge is -2.39. The van der Waals surface area contributed by atoms with Crippen LogP contribution in [0.1, 0.15) is 68.3 Å². The Bertz CT molecular complexity index is 2520. The fourth-order valence-electron chi connectivity index (χ4n) is 9.07. The van der Waals surface area contributed by atoms with Gasteiger partial charge in [-0.1, -0.05) is 43.2 Å². The van der Waals surface area contributed by atoms with Gasteiger partial charge in [0, 0.05) is 80.2 Å². The Balaban J connectivity index is 0.880. The summed E-state index contributed by atoms with van der Waals surface area (Å²) >= 11 is 4.14. The average molecular weight is 908 g/mol. The van der Waals surface area contributed by atoms with E-state index >= 15 is 0 Å². The summed E-state index contributed by atoms with van der Waals surface area (Å²) in [5, 5.41) is 17.0. The minimum absolute atomic E-state index is 0.0996. The molecule has 3 fully saturated rings. The molecule has 1 atom stereocenters. The molecule has 336 valence electrons. The molecule has 2 saturated heterocycles. The number of rotatable bonds is 17. The van der Waals surface area contributed by atoms with Crippen LogP contribution in [0.25, 0.3) is 16.6 Å². The number of anilines is 2. The first-order valence-corrected chi connectivity index (χ1v) is 23.8. The quantitative estimate of drug-likeness (QED) is 0.0354. The number of aromatic nitrogens is 2. The van der Waals surface area contributed by atoms with Crippen molar-refractivity contribution in [2.45, 2.75) is 69.4 Å². The number of pyridine rings is 1. The molecule has 1 unspecified atom stereocenters. The number of ether oxygens (including phenoxy) is 2. The predicted octanol–water partition coefficient (Wildman–Crippen LogP) is 8.82. The number of nitro groups is 1. The highest BCUT2D eigenvalue weighted by Crippen LogP contribution is 2.43. The van der Waals surface area contributed by atoms with Gasteiger partial charge in [-0.25, -0.2) is 4.98 Å². The molecule has 9 rings (SSSR count). The maximum atomic E-state index is 14.0. The summed E-state index contributed by atoms with van der Waals surface area (Å²) in [5.74, 6) is 0.0488. The van der Waals surface area contributed by atoms with Crippen molar-refractivity contribution in [2.24, 2.45) is 5.41 Å². The number of fused-ring (bicyclic) bond motifs is 1. The first-order chi connectivity index (χ1) is 31.0. The van der Waals surface area contributed by atoms with Crippen molar-refractivity contribution in [3.8, 4) is 11.5 Å². The van der Waals surface area contributed by atoms with Gasteiger partial charge in [0.1, 0.15) is 34.2 Å². The van der Waals surface area contributed by atoms with E-state index < -0.39 is 22.2 Å². The van der Waals surface area contributed by atoms with Crippen molar-refractivity contribution in [2.75, 3.05) is 69.2 Å². The Kier molecular flexibility index (Phi) is 13.2. The number of carbonyl (C=O) groups excluding carboxylic acids is 1. The van der Waals surface area contributed by atoms with E-state index in [1.807, 2.05) is 36.4 Å². The van der Waals surface area contributed by atoms with Gasteiger partial charge >= 0.3 is 0 Å². The number of piperazine rings is 1. The van der Waals surface area contributed by atoms with E-state index in [4.69, 9.17) is 21.1 Å². The van der Waals surface area contributed by atoms with Gasteiger partial charge in [-0.3, -0.25) is 24.7 Å². The van der Waals surface area contributed by atoms with Crippen LogP contribution in [-0.2, 0) is 16.1 Å². The van der Waals surface area contributed by atoms with Crippen LogP contribution in [0.3, 0.4) is 0 Å². The molecule has 2 aliphatic carbocycles. The first kappa shape index (κ1) is 44.1. The Morgan fingerprint density at radius 2 is 1.84 bits per heavy atom. The second-order valence-electron chi connectivity index (χ2n) is 18.1. The van der Waals surface area contributed by atoms with Crippen LogP contribution in [-0.4, -0.2) is 106 Å². The minimum Gasteiger partial charge on any atom is -0.588 e. The molecule has 3 N–H and O–H groups in total. The Morgan fingerprint density at radius 3 is 2.58 bits per heavy atom. The summed E-state index contributed by atoms with van der Waals surface area (Å²) < 4.78 is 28.0. The van der Waals surface area contributed by atoms with Crippen LogP contribution in [0, 0.1) is 15.5 Å². The molecule has 3 aromatic carbocycles. The fourth-order valence-corrected chi connectivity index (χ4v) is 10.0. The van der Waals surface area contributed by atoms with Gasteiger partial charge in [0.15, 0.2) is 4.90 Å². The number of nitro benzene ring substituents is 1. The third-order valence-corrected chi connectivity index (χ3v) is 14.2. The number of nitrogens with one attached hydrogen (secondary N) is 3. The summed E-state index contributed by atoms with van der Waals surface area (Å²) in [6.45, 7) is 11.8. The van der Waals surface area contributed by atoms with Gasteiger partial charge in [0.25, 0.3) is 11.6 Å². The molecule has 0 bridgehead atoms. The summed E-state index contributed by atoms with van der Waals surface area (Å²) in [5.41, 5.74) is 6.29. The molecule has 4 heterocycles. The van der Waals surface area contributed by atoms with E-state index in [-0.39, 0.29) is 27.3 Å². The number of carbonyl (C=O) groups is 1. The second kappa shape index (κ2) is 19.1. The van der Waals surface area contributed by atoms with Gasteiger partial charge in [-0.15, -0.1) is 0 Å². The number of benzene rings is 3. The van der Waals surface area contributed by atoms with Crippen LogP contribution in [0.2, 0.25) is 5.02 Å². The molecule has 1 saturated carbocycles. The Labute approximate surface area is 381 Å². The number of nitrogens with zero attached hydrogens (tertiary/aromatic N) is 5. The Hall–Kier alpha value is -5.16. The molecular weight excluding hydrogens is 852 g/mol. The zero-order chi connectivity index (χ0) is 44.4. The normalized spacial score (nSPS) is 18.5. The lowest BCUT2D eigenvalue weighted by Crippen LogP contribution is -2.50. The van der Waals surface area contributed by atoms with Crippen molar-refractivity contribution < 1.29 is 23.7 Å². The van der Waals surface area contributed by atoms with E-state index in [0.29, 0.717) is 35.7 Å². The molecule has 0 spiro atoms. The van der Waals surface area contributed by atoms with Crippen LogP contribution in [0.5, 0.6) is 11.5 Å². The lowest BCUT2D eigenvalue weighted by molar-refractivity contribution is -0.384. The zero-order valence-corrected chi connectivity index (χ0v) is 37.9. The van der Waals surface area contributed by atoms with E-state index in [9.17, 15) is 19.5 Å². The fraction of sp³-hybridized carbons (Fsp3) is 0.417. The zero-order valence-electron chi connectivity index (χ0n) is 36.3. The largest absolute Gasteiger partial charge is 0.588 e. The number of amides is 1. The van der Waals surface area contributed by atoms with Gasteiger partial charge in [-0.2, -0.15) is 4.72 Å². The molecule has 14 nitrogen and oxygen atoms in total. The highest BCUT2D eigenvalue weighted by atomic mass is 35.5. The molecular formula is C48H55ClN8O6S. The molecule has 0 radical (unpaired) electrons. The molecule has 5 aromatic rings. The van der Waals surface area contributed by atoms with Crippen molar-refractivity contribution >= 4 is 62.5 Å². The first-order valence-electron chi connectivity index (χ1n) is 22.2. The predicted molar refractivity (Wildman–Crippen MR) is 252 cm³/mol. The summed E-state index contributed by atoms with van der Waals surface area (Å²) in [6.07, 6.45) is 9.86. The Morgan fingerprint density at radius 1 is 1.05 bits per heavy atom. The summed E-state index contributed by atoms with van der Waals surface area (Å²) in [4.78, 5) is 40.6. The SMILES string of the molecule is CC1(C)CCC(CN2CCN(c3ccc(C(=O)N[S+]([O-])c4ccc(NCCCN(C5CC5)C5COC5)c([N+](=O)[O-])c4)c(Oc4cnc5[nH]ccc5c4)c3)CC2)=C(c2ccc(Cl)cc2)C1. The smallest absolute Gasteiger partial charge is 0.297 e. The number of allylic oxidation sites excluding steroid dienone is 1. The van der Waals surface area contributed by atoms with Crippen LogP contribution < -0.4 is 19.7 Å².